The molecule has 5 rings (SSSR count). The molecule has 36 heavy (non-hydrogen) atoms. The van der Waals surface area contributed by atoms with Crippen molar-refractivity contribution >= 4 is 5.95 Å². The van der Waals surface area contributed by atoms with E-state index in [2.05, 4.69) is 25.0 Å². The van der Waals surface area contributed by atoms with Crippen LogP contribution in [0.5, 0.6) is 5.75 Å². The number of hydrogen-bond donors (Lipinski definition) is 1. The number of anilines is 1. The summed E-state index contributed by atoms with van der Waals surface area (Å²) in [7, 11) is 0. The molecule has 0 bridgehead atoms. The summed E-state index contributed by atoms with van der Waals surface area (Å²) in [6.45, 7) is 7.59. The predicted molar refractivity (Wildman–Crippen MR) is 124 cm³/mol. The van der Waals surface area contributed by atoms with Crippen LogP contribution in [0.4, 0.5) is 19.1 Å². The molecular formula is C24H28F3N7O2. The first kappa shape index (κ1) is 24.4. The molecule has 4 heterocycles. The van der Waals surface area contributed by atoms with Crippen molar-refractivity contribution in [3.8, 4) is 5.75 Å². The molecule has 0 aliphatic carbocycles. The van der Waals surface area contributed by atoms with E-state index < -0.39 is 29.4 Å². The lowest BCUT2D eigenvalue weighted by atomic mass is 9.94. The SMILES string of the molecule is CC(C)c1noc(CN2CC(COc3cnc(N4C[C@H](c5cc(F)c(F)cc5F)[C@@H](N)C4)nc3)C2)n1. The van der Waals surface area contributed by atoms with Gasteiger partial charge < -0.3 is 19.9 Å². The van der Waals surface area contributed by atoms with Gasteiger partial charge in [0.05, 0.1) is 25.5 Å². The second kappa shape index (κ2) is 10.0. The van der Waals surface area contributed by atoms with Crippen LogP contribution < -0.4 is 15.4 Å². The molecule has 0 radical (unpaired) electrons. The first-order valence-corrected chi connectivity index (χ1v) is 11.9. The lowest BCUT2D eigenvalue weighted by molar-refractivity contribution is 0.0472. The molecule has 192 valence electrons. The molecule has 0 spiro atoms. The highest BCUT2D eigenvalue weighted by atomic mass is 19.2. The Labute approximate surface area is 206 Å². The first-order chi connectivity index (χ1) is 17.3. The summed E-state index contributed by atoms with van der Waals surface area (Å²) >= 11 is 0. The van der Waals surface area contributed by atoms with E-state index in [4.69, 9.17) is 15.0 Å². The van der Waals surface area contributed by atoms with E-state index in [1.54, 1.807) is 17.3 Å². The van der Waals surface area contributed by atoms with Crippen LogP contribution in [0, 0.1) is 23.4 Å². The van der Waals surface area contributed by atoms with Gasteiger partial charge in [-0.15, -0.1) is 0 Å². The molecule has 9 nitrogen and oxygen atoms in total. The molecule has 2 aliphatic rings. The fourth-order valence-corrected chi connectivity index (χ4v) is 4.57. The van der Waals surface area contributed by atoms with E-state index in [9.17, 15) is 13.2 Å². The third kappa shape index (κ3) is 5.14. The monoisotopic (exact) mass is 503 g/mol. The van der Waals surface area contributed by atoms with Gasteiger partial charge in [-0.3, -0.25) is 4.90 Å². The second-order valence-corrected chi connectivity index (χ2v) is 9.75. The molecule has 1 aromatic carbocycles. The zero-order chi connectivity index (χ0) is 25.4. The van der Waals surface area contributed by atoms with Crippen molar-refractivity contribution in [3.63, 3.8) is 0 Å². The molecular weight excluding hydrogens is 475 g/mol. The van der Waals surface area contributed by atoms with Crippen LogP contribution in [-0.2, 0) is 6.54 Å². The molecule has 0 amide bonds. The summed E-state index contributed by atoms with van der Waals surface area (Å²) < 4.78 is 52.3. The van der Waals surface area contributed by atoms with E-state index in [0.29, 0.717) is 55.8 Å². The molecule has 2 N–H and O–H groups in total. The van der Waals surface area contributed by atoms with Gasteiger partial charge >= 0.3 is 0 Å². The minimum Gasteiger partial charge on any atom is -0.490 e. The van der Waals surface area contributed by atoms with Gasteiger partial charge in [-0.05, 0) is 11.6 Å². The van der Waals surface area contributed by atoms with Gasteiger partial charge in [0.1, 0.15) is 5.82 Å². The minimum atomic E-state index is -1.22. The van der Waals surface area contributed by atoms with Crippen LogP contribution in [0.25, 0.3) is 0 Å². The Morgan fingerprint density at radius 3 is 2.47 bits per heavy atom. The van der Waals surface area contributed by atoms with Crippen molar-refractivity contribution in [1.82, 2.24) is 25.0 Å². The number of nitrogens with two attached hydrogens (primary N) is 1. The fourth-order valence-electron chi connectivity index (χ4n) is 4.57. The van der Waals surface area contributed by atoms with Gasteiger partial charge in [0.2, 0.25) is 11.8 Å². The van der Waals surface area contributed by atoms with E-state index in [1.807, 2.05) is 13.8 Å². The Hall–Kier alpha value is -3.25. The van der Waals surface area contributed by atoms with Crippen molar-refractivity contribution in [2.24, 2.45) is 11.7 Å². The fraction of sp³-hybridized carbons (Fsp3) is 0.500. The summed E-state index contributed by atoms with van der Waals surface area (Å²) in [6, 6.07) is 0.954. The maximum absolute atomic E-state index is 14.2. The maximum atomic E-state index is 14.2. The van der Waals surface area contributed by atoms with Gasteiger partial charge in [0.25, 0.3) is 0 Å². The number of aromatic nitrogens is 4. The molecule has 2 aromatic heterocycles. The van der Waals surface area contributed by atoms with Gasteiger partial charge in [-0.1, -0.05) is 19.0 Å². The Bertz CT molecular complexity index is 1200. The number of benzene rings is 1. The smallest absolute Gasteiger partial charge is 0.240 e. The van der Waals surface area contributed by atoms with Crippen LogP contribution in [0.1, 0.15) is 43.0 Å². The molecule has 2 atom stereocenters. The quantitative estimate of drug-likeness (QED) is 0.465. The Balaban J connectivity index is 1.10. The number of halogens is 3. The molecule has 0 saturated carbocycles. The van der Waals surface area contributed by atoms with E-state index in [1.165, 1.54) is 0 Å². The number of hydrogen-bond acceptors (Lipinski definition) is 9. The maximum Gasteiger partial charge on any atom is 0.240 e. The van der Waals surface area contributed by atoms with Crippen LogP contribution in [-0.4, -0.2) is 63.8 Å². The van der Waals surface area contributed by atoms with Crippen molar-refractivity contribution in [3.05, 3.63) is 59.3 Å². The standard InChI is InChI=1S/C24H28F3N7O2/c1-13(2)23-31-22(36-32-23)11-33-7-14(8-33)12-35-15-5-29-24(30-6-15)34-9-17(21(28)10-34)16-3-19(26)20(27)4-18(16)25/h3-6,13-14,17,21H,7-12,28H2,1-2H3/t17-,21+/m1/s1. The molecule has 12 heteroatoms. The molecule has 2 saturated heterocycles. The predicted octanol–water partition coefficient (Wildman–Crippen LogP) is 2.84. The van der Waals surface area contributed by atoms with Crippen LogP contribution in [0.3, 0.4) is 0 Å². The van der Waals surface area contributed by atoms with Gasteiger partial charge in [0, 0.05) is 56.0 Å². The van der Waals surface area contributed by atoms with Gasteiger partial charge in [-0.2, -0.15) is 4.98 Å². The molecule has 0 unspecified atom stereocenters. The third-order valence-electron chi connectivity index (χ3n) is 6.58. The van der Waals surface area contributed by atoms with Crippen LogP contribution >= 0.6 is 0 Å². The Kier molecular flexibility index (Phi) is 6.80. The summed E-state index contributed by atoms with van der Waals surface area (Å²) in [4.78, 5) is 17.1. The normalized spacial score (nSPS) is 20.8. The lowest BCUT2D eigenvalue weighted by Gasteiger charge is -2.37. The van der Waals surface area contributed by atoms with Gasteiger partial charge in [0.15, 0.2) is 23.2 Å². The van der Waals surface area contributed by atoms with Crippen LogP contribution in [0.2, 0.25) is 0 Å². The Morgan fingerprint density at radius 1 is 1.06 bits per heavy atom. The average Bonchev–Trinajstić information content (AvgIpc) is 3.45. The lowest BCUT2D eigenvalue weighted by Crippen LogP contribution is -2.48. The number of rotatable bonds is 8. The summed E-state index contributed by atoms with van der Waals surface area (Å²) in [5.41, 5.74) is 6.23. The molecule has 2 aliphatic heterocycles. The zero-order valence-corrected chi connectivity index (χ0v) is 20.1. The highest BCUT2D eigenvalue weighted by Crippen LogP contribution is 2.31. The number of ether oxygens (including phenoxy) is 1. The van der Waals surface area contributed by atoms with E-state index >= 15 is 0 Å². The summed E-state index contributed by atoms with van der Waals surface area (Å²) in [5, 5.41) is 3.98. The van der Waals surface area contributed by atoms with E-state index in [0.717, 1.165) is 25.0 Å². The van der Waals surface area contributed by atoms with Crippen molar-refractivity contribution in [2.75, 3.05) is 37.7 Å². The highest BCUT2D eigenvalue weighted by Gasteiger charge is 2.35. The summed E-state index contributed by atoms with van der Waals surface area (Å²) in [6.07, 6.45) is 3.17. The van der Waals surface area contributed by atoms with Crippen molar-refractivity contribution < 1.29 is 22.4 Å². The number of nitrogens with zero attached hydrogens (tertiary/aromatic N) is 6. The van der Waals surface area contributed by atoms with Crippen molar-refractivity contribution in [1.29, 1.82) is 0 Å². The van der Waals surface area contributed by atoms with Crippen LogP contribution in [0.15, 0.2) is 29.0 Å². The topological polar surface area (TPSA) is 106 Å². The van der Waals surface area contributed by atoms with E-state index in [-0.39, 0.29) is 11.5 Å². The Morgan fingerprint density at radius 2 is 1.78 bits per heavy atom. The largest absolute Gasteiger partial charge is 0.490 e. The molecule has 3 aromatic rings. The highest BCUT2D eigenvalue weighted by molar-refractivity contribution is 5.39. The average molecular weight is 504 g/mol. The van der Waals surface area contributed by atoms with Crippen molar-refractivity contribution in [2.45, 2.75) is 38.3 Å². The van der Waals surface area contributed by atoms with Gasteiger partial charge in [-0.25, -0.2) is 23.1 Å². The second-order valence-electron chi connectivity index (χ2n) is 9.75. The zero-order valence-electron chi connectivity index (χ0n) is 20.1. The minimum absolute atomic E-state index is 0.0536. The number of likely N-dealkylation sites (tertiary alicyclic amines) is 1. The summed E-state index contributed by atoms with van der Waals surface area (Å²) in [5.74, 6) is -0.728. The molecule has 2 fully saturated rings. The first-order valence-electron chi connectivity index (χ1n) is 11.9. The third-order valence-corrected chi connectivity index (χ3v) is 6.58.